The van der Waals surface area contributed by atoms with Crippen LogP contribution < -0.4 is 4.90 Å². The first-order valence-corrected chi connectivity index (χ1v) is 5.70. The molecule has 0 bridgehead atoms. The number of hydrogen-bond acceptors (Lipinski definition) is 4. The number of aromatic nitrogens is 2. The van der Waals surface area contributed by atoms with Crippen molar-refractivity contribution < 1.29 is 9.90 Å². The number of hydrogen-bond donors (Lipinski definition) is 1. The summed E-state index contributed by atoms with van der Waals surface area (Å²) in [5, 5.41) is 9.45. The molecule has 0 radical (unpaired) electrons. The van der Waals surface area contributed by atoms with E-state index in [9.17, 15) is 9.90 Å². The number of halogens is 2. The van der Waals surface area contributed by atoms with E-state index in [4.69, 9.17) is 11.6 Å². The molecule has 1 N–H and O–H groups in total. The van der Waals surface area contributed by atoms with Gasteiger partial charge in [-0.1, -0.05) is 0 Å². The average molecular weight is 340 g/mol. The lowest BCUT2D eigenvalue weighted by atomic mass is 10.3. The van der Waals surface area contributed by atoms with E-state index in [2.05, 4.69) is 9.97 Å². The van der Waals surface area contributed by atoms with Gasteiger partial charge in [-0.05, 0) is 34.2 Å². The Morgan fingerprint density at radius 3 is 3.00 bits per heavy atom. The Morgan fingerprint density at radius 2 is 2.40 bits per heavy atom. The number of carbonyl (C=O) groups is 1. The fraction of sp³-hybridized carbons (Fsp3) is 0.375. The van der Waals surface area contributed by atoms with Gasteiger partial charge in [-0.3, -0.25) is 9.69 Å². The third-order valence-corrected chi connectivity index (χ3v) is 3.00. The maximum atomic E-state index is 11.5. The van der Waals surface area contributed by atoms with Crippen LogP contribution in [-0.2, 0) is 4.79 Å². The zero-order chi connectivity index (χ0) is 11.0. The molecule has 5 nitrogen and oxygen atoms in total. The first kappa shape index (κ1) is 11.0. The third-order valence-electron chi connectivity index (χ3n) is 2.06. The topological polar surface area (TPSA) is 66.3 Å². The van der Waals surface area contributed by atoms with Gasteiger partial charge in [0.25, 0.3) is 0 Å². The number of anilines is 1. The fourth-order valence-corrected chi connectivity index (χ4v) is 2.10. The predicted octanol–water partition coefficient (Wildman–Crippen LogP) is 0.832. The first-order chi connectivity index (χ1) is 7.08. The molecule has 2 heterocycles. The lowest BCUT2D eigenvalue weighted by molar-refractivity contribution is -0.117. The zero-order valence-electron chi connectivity index (χ0n) is 7.52. The summed E-state index contributed by atoms with van der Waals surface area (Å²) in [4.78, 5) is 20.7. The van der Waals surface area contributed by atoms with Crippen molar-refractivity contribution >= 4 is 45.9 Å². The van der Waals surface area contributed by atoms with Crippen molar-refractivity contribution in [2.45, 2.75) is 12.5 Å². The molecule has 2 rings (SSSR count). The van der Waals surface area contributed by atoms with Crippen LogP contribution in [0.15, 0.2) is 6.20 Å². The standard InChI is InChI=1S/C8H7ClIN3O2/c9-8-11-2-5(10)7(12-8)13-3-4(14)1-6(13)15/h2,4,14H,1,3H2. The normalized spacial score (nSPS) is 21.1. The molecule has 0 aromatic carbocycles. The molecule has 1 saturated heterocycles. The van der Waals surface area contributed by atoms with E-state index in [0.717, 1.165) is 3.57 Å². The number of rotatable bonds is 1. The highest BCUT2D eigenvalue weighted by atomic mass is 127. The summed E-state index contributed by atoms with van der Waals surface area (Å²) in [5.41, 5.74) is 0. The number of nitrogens with zero attached hydrogens (tertiary/aromatic N) is 3. The Morgan fingerprint density at radius 1 is 1.67 bits per heavy atom. The van der Waals surface area contributed by atoms with Crippen molar-refractivity contribution in [3.8, 4) is 0 Å². The molecule has 1 aromatic heterocycles. The van der Waals surface area contributed by atoms with Crippen molar-refractivity contribution in [1.29, 1.82) is 0 Å². The second-order valence-corrected chi connectivity index (χ2v) is 4.67. The van der Waals surface area contributed by atoms with Gasteiger partial charge in [-0.25, -0.2) is 4.98 Å². The van der Waals surface area contributed by atoms with Crippen LogP contribution in [0.2, 0.25) is 5.28 Å². The van der Waals surface area contributed by atoms with E-state index < -0.39 is 6.10 Å². The van der Waals surface area contributed by atoms with Crippen LogP contribution in [0.4, 0.5) is 5.82 Å². The van der Waals surface area contributed by atoms with Gasteiger partial charge in [0, 0.05) is 6.20 Å². The lowest BCUT2D eigenvalue weighted by Crippen LogP contribution is -2.27. The SMILES string of the molecule is O=C1CC(O)CN1c1nc(Cl)ncc1I. The van der Waals surface area contributed by atoms with Gasteiger partial charge in [-0.15, -0.1) is 0 Å². The molecular formula is C8H7ClIN3O2. The predicted molar refractivity (Wildman–Crippen MR) is 62.7 cm³/mol. The Labute approximate surface area is 105 Å². The van der Waals surface area contributed by atoms with Crippen molar-refractivity contribution in [2.75, 3.05) is 11.4 Å². The van der Waals surface area contributed by atoms with Crippen molar-refractivity contribution in [3.05, 3.63) is 15.1 Å². The van der Waals surface area contributed by atoms with Crippen LogP contribution >= 0.6 is 34.2 Å². The zero-order valence-corrected chi connectivity index (χ0v) is 10.4. The average Bonchev–Trinajstić information content (AvgIpc) is 2.50. The molecular weight excluding hydrogens is 332 g/mol. The molecule has 7 heteroatoms. The molecule has 1 aromatic rings. The summed E-state index contributed by atoms with van der Waals surface area (Å²) in [6, 6.07) is 0. The summed E-state index contributed by atoms with van der Waals surface area (Å²) in [6.07, 6.45) is 1.06. The molecule has 1 aliphatic heterocycles. The molecule has 0 aliphatic carbocycles. The van der Waals surface area contributed by atoms with E-state index in [-0.39, 0.29) is 24.2 Å². The summed E-state index contributed by atoms with van der Waals surface area (Å²) in [7, 11) is 0. The van der Waals surface area contributed by atoms with Crippen molar-refractivity contribution in [3.63, 3.8) is 0 Å². The van der Waals surface area contributed by atoms with Crippen LogP contribution in [-0.4, -0.2) is 33.6 Å². The highest BCUT2D eigenvalue weighted by Crippen LogP contribution is 2.25. The summed E-state index contributed by atoms with van der Waals surface area (Å²) in [5.74, 6) is 0.326. The van der Waals surface area contributed by atoms with Gasteiger partial charge >= 0.3 is 0 Å². The molecule has 1 unspecified atom stereocenters. The van der Waals surface area contributed by atoms with E-state index in [1.807, 2.05) is 22.6 Å². The van der Waals surface area contributed by atoms with Crippen LogP contribution in [0.1, 0.15) is 6.42 Å². The van der Waals surface area contributed by atoms with Crippen LogP contribution in [0.5, 0.6) is 0 Å². The Hall–Kier alpha value is -0.470. The monoisotopic (exact) mass is 339 g/mol. The molecule has 1 fully saturated rings. The van der Waals surface area contributed by atoms with Gasteiger partial charge < -0.3 is 5.11 Å². The summed E-state index contributed by atoms with van der Waals surface area (Å²) in [6.45, 7) is 0.266. The summed E-state index contributed by atoms with van der Waals surface area (Å²) < 4.78 is 0.736. The smallest absolute Gasteiger partial charge is 0.230 e. The van der Waals surface area contributed by atoms with Gasteiger partial charge in [-0.2, -0.15) is 4.98 Å². The first-order valence-electron chi connectivity index (χ1n) is 4.24. The van der Waals surface area contributed by atoms with Gasteiger partial charge in [0.15, 0.2) is 5.82 Å². The molecule has 1 amide bonds. The highest BCUT2D eigenvalue weighted by Gasteiger charge is 2.31. The highest BCUT2D eigenvalue weighted by molar-refractivity contribution is 14.1. The molecule has 1 atom stereocenters. The lowest BCUT2D eigenvalue weighted by Gasteiger charge is -2.15. The molecule has 15 heavy (non-hydrogen) atoms. The largest absolute Gasteiger partial charge is 0.391 e. The van der Waals surface area contributed by atoms with E-state index in [1.165, 1.54) is 4.90 Å². The van der Waals surface area contributed by atoms with Gasteiger partial charge in [0.1, 0.15) is 0 Å². The molecule has 0 saturated carbocycles. The Bertz CT molecular complexity index is 415. The minimum atomic E-state index is -0.623. The number of amides is 1. The molecule has 1 aliphatic rings. The number of β-amino-alcohol motifs (C(OH)–C–C–N with tert-alkyl or cyclic N) is 1. The quantitative estimate of drug-likeness (QED) is 0.608. The second-order valence-electron chi connectivity index (χ2n) is 3.17. The Balaban J connectivity index is 2.37. The van der Waals surface area contributed by atoms with Crippen molar-refractivity contribution in [1.82, 2.24) is 9.97 Å². The number of carbonyl (C=O) groups excluding carboxylic acids is 1. The van der Waals surface area contributed by atoms with E-state index >= 15 is 0 Å². The van der Waals surface area contributed by atoms with E-state index in [0.29, 0.717) is 5.82 Å². The molecule has 0 spiro atoms. The van der Waals surface area contributed by atoms with E-state index in [1.54, 1.807) is 6.20 Å². The second kappa shape index (κ2) is 4.18. The Kier molecular flexibility index (Phi) is 3.08. The number of aliphatic hydroxyl groups excluding tert-OH is 1. The fourth-order valence-electron chi connectivity index (χ4n) is 1.42. The van der Waals surface area contributed by atoms with Crippen LogP contribution in [0, 0.1) is 3.57 Å². The number of aliphatic hydroxyl groups is 1. The maximum Gasteiger partial charge on any atom is 0.230 e. The maximum absolute atomic E-state index is 11.5. The van der Waals surface area contributed by atoms with Gasteiger partial charge in [0.05, 0.1) is 22.6 Å². The minimum Gasteiger partial charge on any atom is -0.391 e. The minimum absolute atomic E-state index is 0.0969. The summed E-state index contributed by atoms with van der Waals surface area (Å²) >= 11 is 7.68. The van der Waals surface area contributed by atoms with Crippen LogP contribution in [0.25, 0.3) is 0 Å². The van der Waals surface area contributed by atoms with Crippen molar-refractivity contribution in [2.24, 2.45) is 0 Å². The molecule has 80 valence electrons. The van der Waals surface area contributed by atoms with Crippen LogP contribution in [0.3, 0.4) is 0 Å². The third kappa shape index (κ3) is 2.21. The van der Waals surface area contributed by atoms with Gasteiger partial charge in [0.2, 0.25) is 11.2 Å².